The quantitative estimate of drug-likeness (QED) is 0.600. The summed E-state index contributed by atoms with van der Waals surface area (Å²) in [5.74, 6) is -0.456. The number of nitrogens with one attached hydrogen (secondary N) is 2. The van der Waals surface area contributed by atoms with Gasteiger partial charge in [0, 0.05) is 30.9 Å². The number of para-hydroxylation sites is 1. The van der Waals surface area contributed by atoms with E-state index in [1.165, 1.54) is 0 Å². The minimum absolute atomic E-state index is 0.209. The molecular formula is C26H27N3O3. The summed E-state index contributed by atoms with van der Waals surface area (Å²) in [6.45, 7) is 3.64. The molecule has 2 N–H and O–H groups in total. The Hall–Kier alpha value is -3.64. The summed E-state index contributed by atoms with van der Waals surface area (Å²) in [4.78, 5) is 27.8. The highest BCUT2D eigenvalue weighted by Crippen LogP contribution is 2.19. The molecule has 32 heavy (non-hydrogen) atoms. The van der Waals surface area contributed by atoms with Crippen molar-refractivity contribution in [2.75, 3.05) is 43.1 Å². The predicted molar refractivity (Wildman–Crippen MR) is 126 cm³/mol. The molecule has 0 saturated carbocycles. The van der Waals surface area contributed by atoms with Crippen LogP contribution in [-0.2, 0) is 11.2 Å². The van der Waals surface area contributed by atoms with Crippen molar-refractivity contribution < 1.29 is 14.3 Å². The van der Waals surface area contributed by atoms with Crippen LogP contribution in [0.1, 0.15) is 26.3 Å². The number of ether oxygens (including phenoxy) is 1. The molecule has 0 radical (unpaired) electrons. The molecular weight excluding hydrogens is 402 g/mol. The lowest BCUT2D eigenvalue weighted by atomic mass is 10.1. The molecule has 3 aromatic carbocycles. The highest BCUT2D eigenvalue weighted by Gasteiger charge is 2.15. The van der Waals surface area contributed by atoms with Crippen molar-refractivity contribution in [1.82, 2.24) is 5.32 Å². The van der Waals surface area contributed by atoms with Crippen LogP contribution in [0.3, 0.4) is 0 Å². The van der Waals surface area contributed by atoms with Gasteiger partial charge in [-0.15, -0.1) is 0 Å². The summed E-state index contributed by atoms with van der Waals surface area (Å²) in [6.07, 6.45) is 0.747. The van der Waals surface area contributed by atoms with E-state index in [-0.39, 0.29) is 11.8 Å². The molecule has 0 bridgehead atoms. The molecule has 1 heterocycles. The summed E-state index contributed by atoms with van der Waals surface area (Å²) in [6, 6.07) is 24.6. The average Bonchev–Trinajstić information content (AvgIpc) is 2.85. The number of morpholine rings is 1. The standard InChI is InChI=1S/C26H27N3O3/c30-25(21-10-12-22(13-11-21)29-16-18-32-19-17-29)28-24-9-5-4-8-23(24)26(31)27-15-14-20-6-2-1-3-7-20/h1-13H,14-19H2,(H,27,31)(H,28,30). The van der Waals surface area contributed by atoms with Crippen molar-refractivity contribution in [1.29, 1.82) is 0 Å². The normalized spacial score (nSPS) is 13.4. The van der Waals surface area contributed by atoms with Crippen molar-refractivity contribution in [3.8, 4) is 0 Å². The second-order valence-electron chi connectivity index (χ2n) is 7.64. The number of rotatable bonds is 7. The second-order valence-corrected chi connectivity index (χ2v) is 7.64. The molecule has 6 nitrogen and oxygen atoms in total. The molecule has 1 saturated heterocycles. The van der Waals surface area contributed by atoms with Crippen LogP contribution in [0.5, 0.6) is 0 Å². The zero-order chi connectivity index (χ0) is 22.2. The summed E-state index contributed by atoms with van der Waals surface area (Å²) >= 11 is 0. The Kier molecular flexibility index (Phi) is 7.15. The molecule has 0 atom stereocenters. The van der Waals surface area contributed by atoms with E-state index in [1.807, 2.05) is 54.6 Å². The van der Waals surface area contributed by atoms with Gasteiger partial charge in [-0.3, -0.25) is 9.59 Å². The summed E-state index contributed by atoms with van der Waals surface area (Å²) in [5.41, 5.74) is 3.71. The Labute approximate surface area is 188 Å². The SMILES string of the molecule is O=C(Nc1ccccc1C(=O)NCCc1ccccc1)c1ccc(N2CCOCC2)cc1. The van der Waals surface area contributed by atoms with Gasteiger partial charge in [0.15, 0.2) is 0 Å². The number of amides is 2. The minimum Gasteiger partial charge on any atom is -0.378 e. The molecule has 1 aliphatic rings. The topological polar surface area (TPSA) is 70.7 Å². The number of benzene rings is 3. The van der Waals surface area contributed by atoms with E-state index >= 15 is 0 Å². The van der Waals surface area contributed by atoms with Crippen molar-refractivity contribution >= 4 is 23.2 Å². The van der Waals surface area contributed by atoms with E-state index in [9.17, 15) is 9.59 Å². The number of carbonyl (C=O) groups excluding carboxylic acids is 2. The lowest BCUT2D eigenvalue weighted by Crippen LogP contribution is -2.36. The van der Waals surface area contributed by atoms with Gasteiger partial charge in [0.05, 0.1) is 24.5 Å². The Balaban J connectivity index is 1.37. The van der Waals surface area contributed by atoms with Gasteiger partial charge >= 0.3 is 0 Å². The molecule has 0 unspecified atom stereocenters. The molecule has 0 aromatic heterocycles. The zero-order valence-corrected chi connectivity index (χ0v) is 17.9. The van der Waals surface area contributed by atoms with E-state index in [0.29, 0.717) is 36.6 Å². The highest BCUT2D eigenvalue weighted by atomic mass is 16.5. The van der Waals surface area contributed by atoms with Crippen molar-refractivity contribution in [3.63, 3.8) is 0 Å². The Morgan fingerprint density at radius 2 is 1.50 bits per heavy atom. The maximum atomic E-state index is 12.8. The van der Waals surface area contributed by atoms with E-state index < -0.39 is 0 Å². The molecule has 0 spiro atoms. The van der Waals surface area contributed by atoms with Gasteiger partial charge < -0.3 is 20.3 Å². The largest absolute Gasteiger partial charge is 0.378 e. The first-order valence-corrected chi connectivity index (χ1v) is 10.9. The van der Waals surface area contributed by atoms with Crippen LogP contribution in [-0.4, -0.2) is 44.7 Å². The average molecular weight is 430 g/mol. The molecule has 1 fully saturated rings. The molecule has 164 valence electrons. The summed E-state index contributed by atoms with van der Waals surface area (Å²) in [5, 5.41) is 5.82. The maximum Gasteiger partial charge on any atom is 0.255 e. The van der Waals surface area contributed by atoms with Gasteiger partial charge in [-0.2, -0.15) is 0 Å². The molecule has 2 amide bonds. The first-order chi connectivity index (χ1) is 15.7. The van der Waals surface area contributed by atoms with Crippen molar-refractivity contribution in [3.05, 3.63) is 95.6 Å². The molecule has 6 heteroatoms. The van der Waals surface area contributed by atoms with E-state index in [4.69, 9.17) is 4.74 Å². The van der Waals surface area contributed by atoms with Gasteiger partial charge in [0.2, 0.25) is 0 Å². The van der Waals surface area contributed by atoms with Gasteiger partial charge in [0.1, 0.15) is 0 Å². The van der Waals surface area contributed by atoms with Crippen LogP contribution in [0, 0.1) is 0 Å². The molecule has 0 aliphatic carbocycles. The Morgan fingerprint density at radius 3 is 2.25 bits per heavy atom. The van der Waals surface area contributed by atoms with Crippen LogP contribution in [0.4, 0.5) is 11.4 Å². The van der Waals surface area contributed by atoms with Crippen molar-refractivity contribution in [2.45, 2.75) is 6.42 Å². The van der Waals surface area contributed by atoms with Crippen molar-refractivity contribution in [2.24, 2.45) is 0 Å². The lowest BCUT2D eigenvalue weighted by molar-refractivity contribution is 0.0955. The van der Waals surface area contributed by atoms with Gasteiger partial charge in [0.25, 0.3) is 11.8 Å². The zero-order valence-electron chi connectivity index (χ0n) is 17.9. The number of hydrogen-bond acceptors (Lipinski definition) is 4. The van der Waals surface area contributed by atoms with Crippen LogP contribution in [0.15, 0.2) is 78.9 Å². The van der Waals surface area contributed by atoms with E-state index in [0.717, 1.165) is 30.8 Å². The second kappa shape index (κ2) is 10.6. The van der Waals surface area contributed by atoms with Crippen LogP contribution >= 0.6 is 0 Å². The van der Waals surface area contributed by atoms with E-state index in [2.05, 4.69) is 15.5 Å². The predicted octanol–water partition coefficient (Wildman–Crippen LogP) is 3.75. The number of nitrogens with zero attached hydrogens (tertiary/aromatic N) is 1. The summed E-state index contributed by atoms with van der Waals surface area (Å²) in [7, 11) is 0. The molecule has 3 aromatic rings. The lowest BCUT2D eigenvalue weighted by Gasteiger charge is -2.28. The van der Waals surface area contributed by atoms with Crippen LogP contribution in [0.25, 0.3) is 0 Å². The number of anilines is 2. The number of carbonyl (C=O) groups is 2. The summed E-state index contributed by atoms with van der Waals surface area (Å²) < 4.78 is 5.39. The highest BCUT2D eigenvalue weighted by molar-refractivity contribution is 6.09. The van der Waals surface area contributed by atoms with Gasteiger partial charge in [-0.05, 0) is 48.4 Å². The fourth-order valence-corrected chi connectivity index (χ4v) is 3.69. The van der Waals surface area contributed by atoms with Crippen LogP contribution in [0.2, 0.25) is 0 Å². The first-order valence-electron chi connectivity index (χ1n) is 10.9. The monoisotopic (exact) mass is 429 g/mol. The fraction of sp³-hybridized carbons (Fsp3) is 0.231. The fourth-order valence-electron chi connectivity index (χ4n) is 3.69. The van der Waals surface area contributed by atoms with Crippen LogP contribution < -0.4 is 15.5 Å². The molecule has 1 aliphatic heterocycles. The first kappa shape index (κ1) is 21.6. The maximum absolute atomic E-state index is 12.8. The molecule has 4 rings (SSSR count). The third-order valence-corrected chi connectivity index (χ3v) is 5.47. The van der Waals surface area contributed by atoms with E-state index in [1.54, 1.807) is 24.3 Å². The smallest absolute Gasteiger partial charge is 0.255 e. The Bertz CT molecular complexity index is 1050. The third kappa shape index (κ3) is 5.53. The van der Waals surface area contributed by atoms with Gasteiger partial charge in [-0.1, -0.05) is 42.5 Å². The Morgan fingerprint density at radius 1 is 0.812 bits per heavy atom. The third-order valence-electron chi connectivity index (χ3n) is 5.47. The van der Waals surface area contributed by atoms with Gasteiger partial charge in [-0.25, -0.2) is 0 Å². The minimum atomic E-state index is -0.247. The number of hydrogen-bond donors (Lipinski definition) is 2.